The Labute approximate surface area is 123 Å². The maximum absolute atomic E-state index is 13.0. The second-order valence-corrected chi connectivity index (χ2v) is 4.68. The molecule has 1 aromatic carbocycles. The predicted octanol–water partition coefficient (Wildman–Crippen LogP) is 2.40. The van der Waals surface area contributed by atoms with E-state index in [-0.39, 0.29) is 6.04 Å². The zero-order valence-electron chi connectivity index (χ0n) is 11.6. The minimum Gasteiger partial charge on any atom is -0.475 e. The number of hydrogen-bond acceptors (Lipinski definition) is 3. The van der Waals surface area contributed by atoms with Crippen molar-refractivity contribution in [1.29, 1.82) is 0 Å². The van der Waals surface area contributed by atoms with Crippen molar-refractivity contribution in [3.8, 4) is 0 Å². The highest BCUT2D eigenvalue weighted by molar-refractivity contribution is 5.73. The van der Waals surface area contributed by atoms with Gasteiger partial charge in [-0.2, -0.15) is 13.2 Å². The van der Waals surface area contributed by atoms with Crippen LogP contribution in [0.2, 0.25) is 0 Å². The van der Waals surface area contributed by atoms with Crippen LogP contribution in [0.1, 0.15) is 6.92 Å². The third kappa shape index (κ3) is 5.47. The molecule has 1 aliphatic heterocycles. The number of alkyl halides is 3. The highest BCUT2D eigenvalue weighted by atomic mass is 19.4. The van der Waals surface area contributed by atoms with Crippen LogP contribution in [0, 0.1) is 11.6 Å². The molecule has 2 rings (SSSR count). The summed E-state index contributed by atoms with van der Waals surface area (Å²) in [7, 11) is 0. The molecule has 0 spiro atoms. The van der Waals surface area contributed by atoms with Crippen molar-refractivity contribution in [1.82, 2.24) is 5.32 Å². The van der Waals surface area contributed by atoms with E-state index in [4.69, 9.17) is 9.90 Å². The fourth-order valence-electron chi connectivity index (χ4n) is 1.93. The molecule has 1 heterocycles. The summed E-state index contributed by atoms with van der Waals surface area (Å²) < 4.78 is 57.8. The van der Waals surface area contributed by atoms with Gasteiger partial charge in [0, 0.05) is 37.4 Å². The Morgan fingerprint density at radius 1 is 1.27 bits per heavy atom. The first-order chi connectivity index (χ1) is 10.1. The number of carbonyl (C=O) groups is 1. The lowest BCUT2D eigenvalue weighted by Crippen LogP contribution is -2.50. The third-order valence-corrected chi connectivity index (χ3v) is 2.92. The maximum Gasteiger partial charge on any atom is 0.490 e. The minimum absolute atomic E-state index is 0.264. The van der Waals surface area contributed by atoms with Gasteiger partial charge in [0.1, 0.15) is 11.6 Å². The number of benzene rings is 1. The minimum atomic E-state index is -5.08. The largest absolute Gasteiger partial charge is 0.490 e. The van der Waals surface area contributed by atoms with Crippen LogP contribution in [-0.4, -0.2) is 42.9 Å². The Balaban J connectivity index is 0.000000295. The summed E-state index contributed by atoms with van der Waals surface area (Å²) in [6.07, 6.45) is -5.08. The van der Waals surface area contributed by atoms with Gasteiger partial charge in [0.25, 0.3) is 0 Å². The number of halogens is 5. The monoisotopic (exact) mass is 326 g/mol. The highest BCUT2D eigenvalue weighted by Gasteiger charge is 2.38. The van der Waals surface area contributed by atoms with Gasteiger partial charge in [0.05, 0.1) is 0 Å². The molecule has 2 N–H and O–H groups in total. The van der Waals surface area contributed by atoms with Crippen molar-refractivity contribution < 1.29 is 31.9 Å². The Kier molecular flexibility index (Phi) is 6.10. The molecule has 0 aromatic heterocycles. The zero-order chi connectivity index (χ0) is 16.9. The van der Waals surface area contributed by atoms with Crippen molar-refractivity contribution in [3.05, 3.63) is 29.8 Å². The van der Waals surface area contributed by atoms with Crippen LogP contribution in [0.4, 0.5) is 27.6 Å². The summed E-state index contributed by atoms with van der Waals surface area (Å²) in [5.41, 5.74) is 0.626. The quantitative estimate of drug-likeness (QED) is 0.778. The lowest BCUT2D eigenvalue weighted by molar-refractivity contribution is -0.192. The van der Waals surface area contributed by atoms with Crippen molar-refractivity contribution in [2.75, 3.05) is 24.5 Å². The van der Waals surface area contributed by atoms with Gasteiger partial charge in [-0.25, -0.2) is 13.6 Å². The highest BCUT2D eigenvalue weighted by Crippen LogP contribution is 2.20. The average molecular weight is 326 g/mol. The Hall–Kier alpha value is -1.90. The first kappa shape index (κ1) is 18.1. The zero-order valence-corrected chi connectivity index (χ0v) is 11.6. The van der Waals surface area contributed by atoms with E-state index in [1.807, 2.05) is 11.8 Å². The van der Waals surface area contributed by atoms with Crippen LogP contribution in [0.5, 0.6) is 0 Å². The van der Waals surface area contributed by atoms with Crippen LogP contribution < -0.4 is 10.2 Å². The molecule has 22 heavy (non-hydrogen) atoms. The van der Waals surface area contributed by atoms with Crippen LogP contribution in [0.3, 0.4) is 0 Å². The molecule has 1 fully saturated rings. The molecule has 0 saturated carbocycles. The summed E-state index contributed by atoms with van der Waals surface area (Å²) in [4.78, 5) is 10.9. The van der Waals surface area contributed by atoms with E-state index in [2.05, 4.69) is 5.32 Å². The Bertz CT molecular complexity index is 501. The van der Waals surface area contributed by atoms with Gasteiger partial charge in [-0.3, -0.25) is 0 Å². The Morgan fingerprint density at radius 2 is 1.77 bits per heavy atom. The summed E-state index contributed by atoms with van der Waals surface area (Å²) >= 11 is 0. The molecule has 0 bridgehead atoms. The molecule has 0 radical (unpaired) electrons. The van der Waals surface area contributed by atoms with Gasteiger partial charge >= 0.3 is 12.1 Å². The summed E-state index contributed by atoms with van der Waals surface area (Å²) in [5.74, 6) is -3.79. The number of nitrogens with one attached hydrogen (secondary N) is 1. The van der Waals surface area contributed by atoms with Gasteiger partial charge < -0.3 is 15.3 Å². The van der Waals surface area contributed by atoms with Crippen molar-refractivity contribution >= 4 is 11.7 Å². The fraction of sp³-hybridized carbons (Fsp3) is 0.462. The van der Waals surface area contributed by atoms with Crippen LogP contribution >= 0.6 is 0 Å². The van der Waals surface area contributed by atoms with E-state index in [1.54, 1.807) is 0 Å². The molecule has 1 aromatic rings. The lowest BCUT2D eigenvalue weighted by atomic mass is 10.1. The van der Waals surface area contributed by atoms with Crippen LogP contribution in [0.25, 0.3) is 0 Å². The van der Waals surface area contributed by atoms with Gasteiger partial charge in [0.15, 0.2) is 0 Å². The van der Waals surface area contributed by atoms with Gasteiger partial charge in [-0.05, 0) is 19.1 Å². The summed E-state index contributed by atoms with van der Waals surface area (Å²) in [6, 6.07) is 3.92. The lowest BCUT2D eigenvalue weighted by Gasteiger charge is -2.35. The number of piperazine rings is 1. The number of aliphatic carboxylic acids is 1. The van der Waals surface area contributed by atoms with E-state index in [9.17, 15) is 22.0 Å². The van der Waals surface area contributed by atoms with Crippen molar-refractivity contribution in [3.63, 3.8) is 0 Å². The molecular formula is C13H15F5N2O2. The maximum atomic E-state index is 13.0. The first-order valence-electron chi connectivity index (χ1n) is 6.35. The van der Waals surface area contributed by atoms with Gasteiger partial charge in [-0.1, -0.05) is 0 Å². The van der Waals surface area contributed by atoms with E-state index < -0.39 is 23.8 Å². The van der Waals surface area contributed by atoms with E-state index >= 15 is 0 Å². The number of carboxylic acids is 1. The molecule has 0 amide bonds. The van der Waals surface area contributed by atoms with Crippen molar-refractivity contribution in [2.24, 2.45) is 0 Å². The molecule has 0 aliphatic carbocycles. The number of nitrogens with zero attached hydrogens (tertiary/aromatic N) is 1. The van der Waals surface area contributed by atoms with Gasteiger partial charge in [-0.15, -0.1) is 0 Å². The van der Waals surface area contributed by atoms with E-state index in [0.29, 0.717) is 5.69 Å². The Morgan fingerprint density at radius 3 is 2.18 bits per heavy atom. The number of anilines is 1. The summed E-state index contributed by atoms with van der Waals surface area (Å²) in [6.45, 7) is 4.51. The number of rotatable bonds is 1. The molecule has 0 unspecified atom stereocenters. The topological polar surface area (TPSA) is 52.6 Å². The standard InChI is InChI=1S/C11H14F2N2.C2HF3O2/c1-8-7-14-2-3-15(8)11-5-9(12)4-10(13)6-11;3-2(4,5)1(6)7/h4-6,8,14H,2-3,7H2,1H3;(H,6,7)/t8-;/m0./s1. The first-order valence-corrected chi connectivity index (χ1v) is 6.35. The molecule has 9 heteroatoms. The van der Waals surface area contributed by atoms with E-state index in [1.165, 1.54) is 12.1 Å². The SMILES string of the molecule is C[C@H]1CNCCN1c1cc(F)cc(F)c1.O=C(O)C(F)(F)F. The molecule has 124 valence electrons. The third-order valence-electron chi connectivity index (χ3n) is 2.92. The average Bonchev–Trinajstić information content (AvgIpc) is 2.37. The van der Waals surface area contributed by atoms with E-state index in [0.717, 1.165) is 25.7 Å². The fourth-order valence-corrected chi connectivity index (χ4v) is 1.93. The second-order valence-electron chi connectivity index (χ2n) is 4.68. The van der Waals surface area contributed by atoms with Crippen LogP contribution in [0.15, 0.2) is 18.2 Å². The van der Waals surface area contributed by atoms with Gasteiger partial charge in [0.2, 0.25) is 0 Å². The molecule has 4 nitrogen and oxygen atoms in total. The van der Waals surface area contributed by atoms with Crippen LogP contribution in [-0.2, 0) is 4.79 Å². The molecular weight excluding hydrogens is 311 g/mol. The number of carboxylic acid groups (broad SMARTS) is 1. The number of hydrogen-bond donors (Lipinski definition) is 2. The van der Waals surface area contributed by atoms with Crippen molar-refractivity contribution in [2.45, 2.75) is 19.1 Å². The predicted molar refractivity (Wildman–Crippen MR) is 69.7 cm³/mol. The molecule has 1 saturated heterocycles. The molecule has 1 atom stereocenters. The smallest absolute Gasteiger partial charge is 0.475 e. The molecule has 1 aliphatic rings. The normalized spacial score (nSPS) is 18.5. The second kappa shape index (κ2) is 7.39. The summed E-state index contributed by atoms with van der Waals surface area (Å²) in [5, 5.41) is 10.4.